The van der Waals surface area contributed by atoms with Crippen molar-refractivity contribution >= 4 is 49.2 Å². The van der Waals surface area contributed by atoms with Crippen LogP contribution in [0.1, 0.15) is 10.4 Å². The number of rotatable bonds is 4. The maximum atomic E-state index is 13.1. The Bertz CT molecular complexity index is 873. The van der Waals surface area contributed by atoms with Crippen molar-refractivity contribution in [2.45, 2.75) is 4.90 Å². The quantitative estimate of drug-likeness (QED) is 0.760. The molecular formula is C14H10BrClFNO4S. The summed E-state index contributed by atoms with van der Waals surface area (Å²) in [5.41, 5.74) is -0.0716. The van der Waals surface area contributed by atoms with Crippen molar-refractivity contribution in [3.8, 4) is 0 Å². The Kier molecular flexibility index (Phi) is 5.28. The zero-order valence-corrected chi connectivity index (χ0v) is 14.8. The van der Waals surface area contributed by atoms with Crippen LogP contribution in [0.3, 0.4) is 0 Å². The number of anilines is 1. The summed E-state index contributed by atoms with van der Waals surface area (Å²) in [7, 11) is -2.95. The van der Waals surface area contributed by atoms with Gasteiger partial charge in [-0.15, -0.1) is 0 Å². The number of methoxy groups -OCH3 is 1. The summed E-state index contributed by atoms with van der Waals surface area (Å²) >= 11 is 8.79. The molecule has 0 radical (unpaired) electrons. The van der Waals surface area contributed by atoms with Gasteiger partial charge in [0.1, 0.15) is 10.7 Å². The lowest BCUT2D eigenvalue weighted by atomic mass is 10.2. The number of carbonyl (C=O) groups is 1. The van der Waals surface area contributed by atoms with Crippen LogP contribution in [0.2, 0.25) is 5.02 Å². The SMILES string of the molecule is COC(=O)c1cc(Br)ccc1S(=O)(=O)Nc1ccc(F)c(Cl)c1. The number of ether oxygens (including phenoxy) is 1. The molecule has 9 heteroatoms. The fourth-order valence-electron chi connectivity index (χ4n) is 1.78. The molecule has 0 amide bonds. The summed E-state index contributed by atoms with van der Waals surface area (Å²) in [5.74, 6) is -1.47. The van der Waals surface area contributed by atoms with Gasteiger partial charge in [0.15, 0.2) is 0 Å². The van der Waals surface area contributed by atoms with Crippen molar-refractivity contribution in [1.82, 2.24) is 0 Å². The molecule has 0 atom stereocenters. The van der Waals surface area contributed by atoms with Gasteiger partial charge in [-0.05, 0) is 36.4 Å². The van der Waals surface area contributed by atoms with E-state index in [9.17, 15) is 17.6 Å². The van der Waals surface area contributed by atoms with E-state index in [4.69, 9.17) is 11.6 Å². The Morgan fingerprint density at radius 2 is 1.96 bits per heavy atom. The summed E-state index contributed by atoms with van der Waals surface area (Å²) in [5, 5.41) is -0.228. The predicted molar refractivity (Wildman–Crippen MR) is 87.7 cm³/mol. The van der Waals surface area contributed by atoms with Gasteiger partial charge < -0.3 is 4.74 Å². The van der Waals surface area contributed by atoms with Gasteiger partial charge in [0.2, 0.25) is 0 Å². The van der Waals surface area contributed by atoms with Crippen molar-refractivity contribution in [2.24, 2.45) is 0 Å². The van der Waals surface area contributed by atoms with Gasteiger partial charge in [-0.25, -0.2) is 17.6 Å². The first kappa shape index (κ1) is 17.7. The number of sulfonamides is 1. The van der Waals surface area contributed by atoms with E-state index < -0.39 is 21.8 Å². The van der Waals surface area contributed by atoms with E-state index >= 15 is 0 Å². The van der Waals surface area contributed by atoms with E-state index in [-0.39, 0.29) is 21.2 Å². The molecule has 2 aromatic rings. The molecule has 23 heavy (non-hydrogen) atoms. The first-order valence-corrected chi connectivity index (χ1v) is 8.76. The third-order valence-electron chi connectivity index (χ3n) is 2.81. The molecule has 0 aliphatic rings. The molecule has 0 bridgehead atoms. The highest BCUT2D eigenvalue weighted by molar-refractivity contribution is 9.10. The maximum absolute atomic E-state index is 13.1. The lowest BCUT2D eigenvalue weighted by Gasteiger charge is -2.12. The van der Waals surface area contributed by atoms with Crippen molar-refractivity contribution in [3.05, 3.63) is 57.3 Å². The molecule has 0 aliphatic heterocycles. The van der Waals surface area contributed by atoms with Gasteiger partial charge in [0.05, 0.1) is 23.4 Å². The van der Waals surface area contributed by atoms with Gasteiger partial charge in [-0.2, -0.15) is 0 Å². The van der Waals surface area contributed by atoms with Crippen LogP contribution in [-0.4, -0.2) is 21.5 Å². The largest absolute Gasteiger partial charge is 0.465 e. The molecule has 0 aliphatic carbocycles. The summed E-state index contributed by atoms with van der Waals surface area (Å²) < 4.78 is 45.4. The van der Waals surface area contributed by atoms with Crippen LogP contribution in [0, 0.1) is 5.82 Å². The van der Waals surface area contributed by atoms with Crippen LogP contribution >= 0.6 is 27.5 Å². The topological polar surface area (TPSA) is 72.5 Å². The summed E-state index contributed by atoms with van der Waals surface area (Å²) in [4.78, 5) is 11.5. The number of nitrogens with one attached hydrogen (secondary N) is 1. The number of carbonyl (C=O) groups excluding carboxylic acids is 1. The Balaban J connectivity index is 2.47. The zero-order chi connectivity index (χ0) is 17.2. The van der Waals surface area contributed by atoms with Crippen LogP contribution in [0.5, 0.6) is 0 Å². The van der Waals surface area contributed by atoms with Gasteiger partial charge >= 0.3 is 5.97 Å². The minimum Gasteiger partial charge on any atom is -0.465 e. The fraction of sp³-hybridized carbons (Fsp3) is 0.0714. The molecule has 0 spiro atoms. The second-order valence-corrected chi connectivity index (χ2v) is 7.34. The number of hydrogen-bond acceptors (Lipinski definition) is 4. The molecule has 0 fully saturated rings. The zero-order valence-electron chi connectivity index (χ0n) is 11.6. The average molecular weight is 423 g/mol. The molecule has 5 nitrogen and oxygen atoms in total. The Morgan fingerprint density at radius 3 is 2.57 bits per heavy atom. The van der Waals surface area contributed by atoms with E-state index in [1.54, 1.807) is 0 Å². The highest BCUT2D eigenvalue weighted by Gasteiger charge is 2.23. The van der Waals surface area contributed by atoms with Crippen LogP contribution in [-0.2, 0) is 14.8 Å². The first-order chi connectivity index (χ1) is 10.7. The highest BCUT2D eigenvalue weighted by atomic mass is 79.9. The Morgan fingerprint density at radius 1 is 1.26 bits per heavy atom. The maximum Gasteiger partial charge on any atom is 0.339 e. The van der Waals surface area contributed by atoms with Crippen molar-refractivity contribution < 1.29 is 22.3 Å². The van der Waals surface area contributed by atoms with Gasteiger partial charge in [-0.3, -0.25) is 4.72 Å². The summed E-state index contributed by atoms with van der Waals surface area (Å²) in [6, 6.07) is 7.43. The van der Waals surface area contributed by atoms with Crippen LogP contribution in [0.15, 0.2) is 45.8 Å². The fourth-order valence-corrected chi connectivity index (χ4v) is 3.54. The van der Waals surface area contributed by atoms with Gasteiger partial charge in [0.25, 0.3) is 10.0 Å². The minimum atomic E-state index is -4.10. The highest BCUT2D eigenvalue weighted by Crippen LogP contribution is 2.26. The second-order valence-electron chi connectivity index (χ2n) is 4.37. The normalized spacial score (nSPS) is 11.1. The molecule has 0 saturated carbocycles. The van der Waals surface area contributed by atoms with Gasteiger partial charge in [-0.1, -0.05) is 27.5 Å². The molecule has 2 rings (SSSR count). The molecule has 0 heterocycles. The number of benzene rings is 2. The van der Waals surface area contributed by atoms with Crippen LogP contribution in [0.4, 0.5) is 10.1 Å². The van der Waals surface area contributed by atoms with Crippen molar-refractivity contribution in [3.63, 3.8) is 0 Å². The number of esters is 1. The molecule has 122 valence electrons. The second kappa shape index (κ2) is 6.86. The third kappa shape index (κ3) is 4.01. The molecule has 0 unspecified atom stereocenters. The van der Waals surface area contributed by atoms with E-state index in [1.165, 1.54) is 24.3 Å². The Labute approximate surface area is 145 Å². The molecule has 0 saturated heterocycles. The Hall–Kier alpha value is -1.64. The van der Waals surface area contributed by atoms with E-state index in [0.29, 0.717) is 4.47 Å². The minimum absolute atomic E-state index is 0.0649. The van der Waals surface area contributed by atoms with Crippen molar-refractivity contribution in [1.29, 1.82) is 0 Å². The number of hydrogen-bond donors (Lipinski definition) is 1. The smallest absolute Gasteiger partial charge is 0.339 e. The third-order valence-corrected chi connectivity index (χ3v) is 5.03. The monoisotopic (exact) mass is 421 g/mol. The van der Waals surface area contributed by atoms with Crippen LogP contribution < -0.4 is 4.72 Å². The molecule has 2 aromatic carbocycles. The standard InChI is InChI=1S/C14H10BrClFNO4S/c1-22-14(19)10-6-8(15)2-5-13(10)23(20,21)18-9-3-4-12(17)11(16)7-9/h2-7,18H,1H3. The van der Waals surface area contributed by atoms with Gasteiger partial charge in [0, 0.05) is 4.47 Å². The predicted octanol–water partition coefficient (Wildman–Crippen LogP) is 3.83. The van der Waals surface area contributed by atoms with Crippen molar-refractivity contribution in [2.75, 3.05) is 11.8 Å². The summed E-state index contributed by atoms with van der Waals surface area (Å²) in [6.45, 7) is 0. The lowest BCUT2D eigenvalue weighted by molar-refractivity contribution is 0.0596. The molecular weight excluding hydrogens is 413 g/mol. The first-order valence-electron chi connectivity index (χ1n) is 6.10. The lowest BCUT2D eigenvalue weighted by Crippen LogP contribution is -2.17. The average Bonchev–Trinajstić information content (AvgIpc) is 2.49. The molecule has 0 aromatic heterocycles. The van der Waals surface area contributed by atoms with E-state index in [1.807, 2.05) is 0 Å². The van der Waals surface area contributed by atoms with E-state index in [0.717, 1.165) is 19.2 Å². The number of halogens is 3. The molecule has 1 N–H and O–H groups in total. The summed E-state index contributed by atoms with van der Waals surface area (Å²) in [6.07, 6.45) is 0. The van der Waals surface area contributed by atoms with E-state index in [2.05, 4.69) is 25.4 Å². The van der Waals surface area contributed by atoms with Crippen LogP contribution in [0.25, 0.3) is 0 Å².